The van der Waals surface area contributed by atoms with Crippen LogP contribution in [0.25, 0.3) is 10.9 Å². The van der Waals surface area contributed by atoms with Crippen LogP contribution in [0.15, 0.2) is 54.7 Å². The van der Waals surface area contributed by atoms with E-state index < -0.39 is 0 Å². The Hall–Kier alpha value is -3.46. The van der Waals surface area contributed by atoms with Crippen LogP contribution in [0.1, 0.15) is 42.1 Å². The van der Waals surface area contributed by atoms with Gasteiger partial charge in [0.15, 0.2) is 0 Å². The van der Waals surface area contributed by atoms with E-state index in [-0.39, 0.29) is 18.1 Å². The molecule has 1 heterocycles. The van der Waals surface area contributed by atoms with Gasteiger partial charge in [0.2, 0.25) is 0 Å². The van der Waals surface area contributed by atoms with E-state index in [2.05, 4.69) is 28.5 Å². The van der Waals surface area contributed by atoms with E-state index in [4.69, 9.17) is 10.00 Å². The van der Waals surface area contributed by atoms with Gasteiger partial charge < -0.3 is 10.1 Å². The second-order valence-electron chi connectivity index (χ2n) is 8.52. The van der Waals surface area contributed by atoms with Crippen LogP contribution >= 0.6 is 0 Å². The van der Waals surface area contributed by atoms with Gasteiger partial charge in [0.25, 0.3) is 5.91 Å². The van der Waals surface area contributed by atoms with Crippen molar-refractivity contribution < 1.29 is 9.53 Å². The van der Waals surface area contributed by atoms with E-state index in [1.165, 1.54) is 0 Å². The summed E-state index contributed by atoms with van der Waals surface area (Å²) in [6, 6.07) is 16.9. The number of nitriles is 1. The number of nitrogens with zero attached hydrogens (tertiary/aromatic N) is 3. The number of ether oxygens (including phenoxy) is 1. The van der Waals surface area contributed by atoms with E-state index in [0.717, 1.165) is 35.9 Å². The molecule has 1 amide bonds. The van der Waals surface area contributed by atoms with Crippen LogP contribution in [-0.4, -0.2) is 28.3 Å². The predicted octanol–water partition coefficient (Wildman–Crippen LogP) is 4.11. The Morgan fingerprint density at radius 1 is 1.19 bits per heavy atom. The van der Waals surface area contributed by atoms with Crippen molar-refractivity contribution in [3.8, 4) is 11.8 Å². The van der Waals surface area contributed by atoms with Gasteiger partial charge in [0.1, 0.15) is 5.75 Å². The summed E-state index contributed by atoms with van der Waals surface area (Å²) in [5.74, 6) is 2.44. The number of hydrogen-bond donors (Lipinski definition) is 1. The van der Waals surface area contributed by atoms with Crippen LogP contribution in [0.3, 0.4) is 0 Å². The zero-order valence-electron chi connectivity index (χ0n) is 17.4. The van der Waals surface area contributed by atoms with E-state index in [1.54, 1.807) is 30.5 Å². The lowest BCUT2D eigenvalue weighted by molar-refractivity contribution is 0.0924. The first kappa shape index (κ1) is 19.5. The first-order chi connectivity index (χ1) is 15.2. The van der Waals surface area contributed by atoms with Crippen molar-refractivity contribution in [2.45, 2.75) is 38.3 Å². The van der Waals surface area contributed by atoms with Crippen LogP contribution in [0.2, 0.25) is 0 Å². The lowest BCUT2D eigenvalue weighted by atomic mass is 10.00. The highest BCUT2D eigenvalue weighted by molar-refractivity contribution is 5.94. The summed E-state index contributed by atoms with van der Waals surface area (Å²) in [5, 5.41) is 21.4. The molecular formula is C25H24N4O2. The second-order valence-corrected chi connectivity index (χ2v) is 8.52. The summed E-state index contributed by atoms with van der Waals surface area (Å²) in [7, 11) is 0. The molecule has 2 fully saturated rings. The van der Waals surface area contributed by atoms with Crippen LogP contribution in [0, 0.1) is 29.1 Å². The fourth-order valence-electron chi connectivity index (χ4n) is 5.21. The molecule has 2 saturated carbocycles. The second kappa shape index (κ2) is 7.99. The quantitative estimate of drug-likeness (QED) is 0.658. The highest BCUT2D eigenvalue weighted by Crippen LogP contribution is 2.60. The van der Waals surface area contributed by atoms with Gasteiger partial charge in [-0.3, -0.25) is 4.79 Å². The number of carbonyl (C=O) groups excluding carboxylic acids is 1. The Balaban J connectivity index is 1.19. The molecule has 31 heavy (non-hydrogen) atoms. The maximum absolute atomic E-state index is 12.7. The third-order valence-electron chi connectivity index (χ3n) is 6.77. The fourth-order valence-corrected chi connectivity index (χ4v) is 5.21. The molecule has 0 spiro atoms. The maximum atomic E-state index is 12.7. The molecule has 0 radical (unpaired) electrons. The van der Waals surface area contributed by atoms with Gasteiger partial charge in [-0.1, -0.05) is 19.1 Å². The summed E-state index contributed by atoms with van der Waals surface area (Å²) in [5.41, 5.74) is 2.00. The zero-order chi connectivity index (χ0) is 21.4. The summed E-state index contributed by atoms with van der Waals surface area (Å²) in [4.78, 5) is 12.7. The van der Waals surface area contributed by atoms with Crippen LogP contribution in [0.5, 0.6) is 5.75 Å². The maximum Gasteiger partial charge on any atom is 0.251 e. The smallest absolute Gasteiger partial charge is 0.251 e. The number of nitrogens with one attached hydrogen (secondary N) is 1. The third-order valence-corrected chi connectivity index (χ3v) is 6.77. The first-order valence-electron chi connectivity index (χ1n) is 10.9. The number of benzene rings is 2. The Labute approximate surface area is 181 Å². The molecule has 6 nitrogen and oxygen atoms in total. The Kier molecular flexibility index (Phi) is 5.03. The van der Waals surface area contributed by atoms with E-state index in [9.17, 15) is 4.79 Å². The Bertz CT molecular complexity index is 1140. The molecule has 5 rings (SSSR count). The van der Waals surface area contributed by atoms with Gasteiger partial charge in [-0.05, 0) is 73.4 Å². The average Bonchev–Trinajstić information content (AvgIpc) is 3.30. The molecular weight excluding hydrogens is 388 g/mol. The number of hydrogen-bond acceptors (Lipinski definition) is 5. The molecule has 1 N–H and O–H groups in total. The predicted molar refractivity (Wildman–Crippen MR) is 116 cm³/mol. The van der Waals surface area contributed by atoms with Crippen molar-refractivity contribution >= 4 is 16.8 Å². The topological polar surface area (TPSA) is 87.9 Å². The van der Waals surface area contributed by atoms with Gasteiger partial charge in [-0.25, -0.2) is 0 Å². The minimum Gasteiger partial charge on any atom is -0.488 e. The number of carbonyl (C=O) groups is 1. The van der Waals surface area contributed by atoms with Crippen molar-refractivity contribution in [2.24, 2.45) is 17.8 Å². The van der Waals surface area contributed by atoms with E-state index in [0.29, 0.717) is 28.9 Å². The van der Waals surface area contributed by atoms with Crippen LogP contribution in [0.4, 0.5) is 0 Å². The SMILES string of the molecule is CC[C@H](NC(=O)c1ccc(C#N)cc1)C1[C@H]2CC(Oc3cnnc4ccccc34)C[C@H]12. The molecule has 6 heteroatoms. The summed E-state index contributed by atoms with van der Waals surface area (Å²) in [6.07, 6.45) is 4.82. The van der Waals surface area contributed by atoms with Gasteiger partial charge in [-0.2, -0.15) is 15.5 Å². The lowest BCUT2D eigenvalue weighted by Gasteiger charge is -2.22. The molecule has 0 unspecified atom stereocenters. The number of amides is 1. The zero-order valence-corrected chi connectivity index (χ0v) is 17.4. The van der Waals surface area contributed by atoms with Crippen molar-refractivity contribution in [3.63, 3.8) is 0 Å². The van der Waals surface area contributed by atoms with Crippen molar-refractivity contribution in [1.82, 2.24) is 15.5 Å². The molecule has 2 aliphatic rings. The molecule has 156 valence electrons. The molecule has 0 aliphatic heterocycles. The van der Waals surface area contributed by atoms with Gasteiger partial charge in [0, 0.05) is 17.0 Å². The van der Waals surface area contributed by atoms with Crippen molar-refractivity contribution in [2.75, 3.05) is 0 Å². The molecule has 2 aliphatic carbocycles. The lowest BCUT2D eigenvalue weighted by Crippen LogP contribution is -2.37. The summed E-state index contributed by atoms with van der Waals surface area (Å²) >= 11 is 0. The minimum absolute atomic E-state index is 0.0663. The highest BCUT2D eigenvalue weighted by atomic mass is 16.5. The molecule has 3 aromatic rings. The van der Waals surface area contributed by atoms with Crippen molar-refractivity contribution in [3.05, 3.63) is 65.9 Å². The minimum atomic E-state index is -0.0663. The largest absolute Gasteiger partial charge is 0.488 e. The van der Waals surface area contributed by atoms with Gasteiger partial charge in [0.05, 0.1) is 29.5 Å². The van der Waals surface area contributed by atoms with E-state index in [1.807, 2.05) is 24.3 Å². The monoisotopic (exact) mass is 412 g/mol. The normalized spacial score (nSPS) is 23.0. The van der Waals surface area contributed by atoms with E-state index >= 15 is 0 Å². The molecule has 3 atom stereocenters. The standard InChI is InChI=1S/C25H24N4O2/c1-2-21(28-25(30)16-9-7-15(13-26)8-10-16)24-19-11-17(12-20(19)24)31-23-14-27-29-22-6-4-3-5-18(22)23/h3-10,14,17,19-21,24H,2,11-12H2,1H3,(H,28,30)/t17?,19-,20-,21-,24?/m0/s1. The Morgan fingerprint density at radius 2 is 1.94 bits per heavy atom. The number of aromatic nitrogens is 2. The van der Waals surface area contributed by atoms with Crippen molar-refractivity contribution in [1.29, 1.82) is 5.26 Å². The molecule has 2 aromatic carbocycles. The molecule has 0 saturated heterocycles. The summed E-state index contributed by atoms with van der Waals surface area (Å²) in [6.45, 7) is 2.13. The first-order valence-corrected chi connectivity index (χ1v) is 10.9. The summed E-state index contributed by atoms with van der Waals surface area (Å²) < 4.78 is 6.31. The van der Waals surface area contributed by atoms with Gasteiger partial charge >= 0.3 is 0 Å². The highest BCUT2D eigenvalue weighted by Gasteiger charge is 2.59. The Morgan fingerprint density at radius 3 is 2.65 bits per heavy atom. The number of fused-ring (bicyclic) bond motifs is 2. The van der Waals surface area contributed by atoms with Crippen LogP contribution < -0.4 is 10.1 Å². The molecule has 1 aromatic heterocycles. The number of rotatable bonds is 6. The third kappa shape index (κ3) is 3.72. The van der Waals surface area contributed by atoms with Crippen LogP contribution in [-0.2, 0) is 0 Å². The molecule has 0 bridgehead atoms. The van der Waals surface area contributed by atoms with Gasteiger partial charge in [-0.15, -0.1) is 0 Å². The average molecular weight is 412 g/mol. The fraction of sp³-hybridized carbons (Fsp3) is 0.360.